The first-order chi connectivity index (χ1) is 12.1. The molecule has 0 bridgehead atoms. The maximum Gasteiger partial charge on any atom is 0.245 e. The summed E-state index contributed by atoms with van der Waals surface area (Å²) >= 11 is 0. The summed E-state index contributed by atoms with van der Waals surface area (Å²) in [7, 11) is 2.84. The second-order valence-corrected chi connectivity index (χ2v) is 7.15. The molecule has 4 atom stereocenters. The Morgan fingerprint density at radius 3 is 2.08 bits per heavy atom. The number of hydrogen-bond acceptors (Lipinski definition) is 7. The number of carbonyl (C=O) groups excluding carboxylic acids is 3. The molecule has 1 aliphatic rings. The van der Waals surface area contributed by atoms with Crippen LogP contribution in [0.3, 0.4) is 0 Å². The van der Waals surface area contributed by atoms with E-state index >= 15 is 0 Å². The summed E-state index contributed by atoms with van der Waals surface area (Å²) in [5.41, 5.74) is 4.83. The number of nitrogens with two attached hydrogens (primary N) is 1. The SMILES string of the molecule is COCC(N)C(=O)N[C@@H](COC)C(=O)NC(CC(C)C)C(=O)[C@@]1(C)CO1. The molecule has 1 heterocycles. The Kier molecular flexibility index (Phi) is 8.61. The molecule has 0 aliphatic carbocycles. The first-order valence-electron chi connectivity index (χ1n) is 8.67. The lowest BCUT2D eigenvalue weighted by molar-refractivity contribution is -0.134. The molecule has 1 fully saturated rings. The van der Waals surface area contributed by atoms with Gasteiger partial charge in [-0.25, -0.2) is 0 Å². The average Bonchev–Trinajstić information content (AvgIpc) is 3.31. The number of Topliss-reactive ketones (excluding diaryl/α,β-unsaturated/α-hetero) is 1. The van der Waals surface area contributed by atoms with Crippen molar-refractivity contribution in [3.8, 4) is 0 Å². The molecule has 1 aliphatic heterocycles. The highest BCUT2D eigenvalue weighted by molar-refractivity contribution is 5.98. The minimum atomic E-state index is -0.967. The molecule has 4 N–H and O–H groups in total. The van der Waals surface area contributed by atoms with Gasteiger partial charge in [-0.1, -0.05) is 13.8 Å². The number of epoxide rings is 1. The summed E-state index contributed by atoms with van der Waals surface area (Å²) in [6, 6.07) is -2.57. The molecule has 9 nitrogen and oxygen atoms in total. The summed E-state index contributed by atoms with van der Waals surface area (Å²) in [6.07, 6.45) is 0.473. The fraction of sp³-hybridized carbons (Fsp3) is 0.824. The zero-order chi connectivity index (χ0) is 19.9. The van der Waals surface area contributed by atoms with Crippen LogP contribution in [-0.4, -0.2) is 75.4 Å². The van der Waals surface area contributed by atoms with E-state index in [4.69, 9.17) is 19.9 Å². The van der Waals surface area contributed by atoms with E-state index in [1.54, 1.807) is 6.92 Å². The molecule has 9 heteroatoms. The van der Waals surface area contributed by atoms with Crippen LogP contribution in [0.4, 0.5) is 0 Å². The van der Waals surface area contributed by atoms with E-state index in [-0.39, 0.29) is 24.9 Å². The van der Waals surface area contributed by atoms with Crippen LogP contribution in [0.15, 0.2) is 0 Å². The minimum Gasteiger partial charge on any atom is -0.383 e. The van der Waals surface area contributed by atoms with E-state index < -0.39 is 35.5 Å². The van der Waals surface area contributed by atoms with Gasteiger partial charge < -0.3 is 30.6 Å². The van der Waals surface area contributed by atoms with Crippen molar-refractivity contribution in [2.75, 3.05) is 34.0 Å². The van der Waals surface area contributed by atoms with Crippen molar-refractivity contribution in [3.63, 3.8) is 0 Å². The molecule has 2 amide bonds. The summed E-state index contributed by atoms with van der Waals surface area (Å²) in [4.78, 5) is 37.3. The summed E-state index contributed by atoms with van der Waals surface area (Å²) in [5, 5.41) is 5.25. The Labute approximate surface area is 154 Å². The number of rotatable bonds is 12. The Morgan fingerprint density at radius 1 is 1.08 bits per heavy atom. The quantitative estimate of drug-likeness (QED) is 0.373. The van der Waals surface area contributed by atoms with Crippen LogP contribution < -0.4 is 16.4 Å². The van der Waals surface area contributed by atoms with Crippen molar-refractivity contribution in [1.82, 2.24) is 10.6 Å². The van der Waals surface area contributed by atoms with Crippen molar-refractivity contribution < 1.29 is 28.6 Å². The number of hydrogen-bond donors (Lipinski definition) is 3. The lowest BCUT2D eigenvalue weighted by Crippen LogP contribution is -2.57. The van der Waals surface area contributed by atoms with Crippen LogP contribution in [0, 0.1) is 5.92 Å². The molecule has 26 heavy (non-hydrogen) atoms. The van der Waals surface area contributed by atoms with Crippen LogP contribution >= 0.6 is 0 Å². The molecule has 1 saturated heterocycles. The molecular weight excluding hydrogens is 342 g/mol. The number of nitrogens with one attached hydrogen (secondary N) is 2. The summed E-state index contributed by atoms with van der Waals surface area (Å²) in [6.45, 7) is 5.94. The van der Waals surface area contributed by atoms with Gasteiger partial charge in [0.1, 0.15) is 17.7 Å². The molecule has 0 aromatic rings. The van der Waals surface area contributed by atoms with Crippen molar-refractivity contribution >= 4 is 17.6 Å². The molecular formula is C17H31N3O6. The lowest BCUT2D eigenvalue weighted by atomic mass is 9.93. The Balaban J connectivity index is 2.78. The minimum absolute atomic E-state index is 0.0251. The predicted octanol–water partition coefficient (Wildman–Crippen LogP) is -1.02. The van der Waals surface area contributed by atoms with Crippen LogP contribution in [0.1, 0.15) is 27.2 Å². The van der Waals surface area contributed by atoms with E-state index in [9.17, 15) is 14.4 Å². The smallest absolute Gasteiger partial charge is 0.245 e. The number of ether oxygens (including phenoxy) is 3. The zero-order valence-corrected chi connectivity index (χ0v) is 16.2. The summed E-state index contributed by atoms with van der Waals surface area (Å²) < 4.78 is 15.1. The van der Waals surface area contributed by atoms with Crippen molar-refractivity contribution in [1.29, 1.82) is 0 Å². The van der Waals surface area contributed by atoms with Crippen molar-refractivity contribution in [3.05, 3.63) is 0 Å². The van der Waals surface area contributed by atoms with Gasteiger partial charge in [-0.2, -0.15) is 0 Å². The van der Waals surface area contributed by atoms with Gasteiger partial charge in [-0.15, -0.1) is 0 Å². The first kappa shape index (κ1) is 22.5. The Bertz CT molecular complexity index is 507. The number of ketones is 1. The van der Waals surface area contributed by atoms with E-state index in [2.05, 4.69) is 10.6 Å². The number of methoxy groups -OCH3 is 2. The van der Waals surface area contributed by atoms with Gasteiger partial charge in [0.15, 0.2) is 5.78 Å². The van der Waals surface area contributed by atoms with Crippen LogP contribution in [-0.2, 0) is 28.6 Å². The molecule has 0 saturated carbocycles. The first-order valence-corrected chi connectivity index (χ1v) is 8.67. The highest BCUT2D eigenvalue weighted by Crippen LogP contribution is 2.29. The monoisotopic (exact) mass is 373 g/mol. The second-order valence-electron chi connectivity index (χ2n) is 7.15. The van der Waals surface area contributed by atoms with Crippen molar-refractivity contribution in [2.24, 2.45) is 11.7 Å². The standard InChI is InChI=1S/C17H31N3O6/c1-10(2)6-12(14(21)17(3)9-26-17)19-16(23)13(8-25-5)20-15(22)11(18)7-24-4/h10-13H,6-9,18H2,1-5H3,(H,19,23)(H,20,22)/t11?,12?,13-,17+/m0/s1. The van der Waals surface area contributed by atoms with Crippen molar-refractivity contribution in [2.45, 2.75) is 50.9 Å². The van der Waals surface area contributed by atoms with Gasteiger partial charge in [0, 0.05) is 14.2 Å². The lowest BCUT2D eigenvalue weighted by Gasteiger charge is -2.25. The topological polar surface area (TPSA) is 132 Å². The third-order valence-electron chi connectivity index (χ3n) is 4.09. The van der Waals surface area contributed by atoms with E-state index in [1.165, 1.54) is 14.2 Å². The zero-order valence-electron chi connectivity index (χ0n) is 16.2. The fourth-order valence-corrected chi connectivity index (χ4v) is 2.48. The summed E-state index contributed by atoms with van der Waals surface area (Å²) in [5.74, 6) is -1.02. The van der Waals surface area contributed by atoms with Gasteiger partial charge in [0.2, 0.25) is 11.8 Å². The van der Waals surface area contributed by atoms with E-state index in [0.717, 1.165) is 0 Å². The fourth-order valence-electron chi connectivity index (χ4n) is 2.48. The average molecular weight is 373 g/mol. The molecule has 2 unspecified atom stereocenters. The molecule has 0 aromatic carbocycles. The van der Waals surface area contributed by atoms with E-state index in [0.29, 0.717) is 13.0 Å². The highest BCUT2D eigenvalue weighted by Gasteiger charge is 2.50. The number of amides is 2. The van der Waals surface area contributed by atoms with Gasteiger partial charge in [0.05, 0.1) is 25.9 Å². The second kappa shape index (κ2) is 9.96. The van der Waals surface area contributed by atoms with Crippen LogP contribution in [0.2, 0.25) is 0 Å². The maximum atomic E-state index is 12.6. The van der Waals surface area contributed by atoms with Crippen LogP contribution in [0.5, 0.6) is 0 Å². The molecule has 0 spiro atoms. The Morgan fingerprint density at radius 2 is 1.62 bits per heavy atom. The predicted molar refractivity (Wildman–Crippen MR) is 94.4 cm³/mol. The molecule has 0 aromatic heterocycles. The van der Waals surface area contributed by atoms with Gasteiger partial charge >= 0.3 is 0 Å². The van der Waals surface area contributed by atoms with Gasteiger partial charge in [-0.3, -0.25) is 14.4 Å². The Hall–Kier alpha value is -1.55. The van der Waals surface area contributed by atoms with Crippen LogP contribution in [0.25, 0.3) is 0 Å². The van der Waals surface area contributed by atoms with Gasteiger partial charge in [-0.05, 0) is 19.3 Å². The molecule has 1 rings (SSSR count). The normalized spacial score (nSPS) is 22.4. The molecule has 0 radical (unpaired) electrons. The van der Waals surface area contributed by atoms with E-state index in [1.807, 2.05) is 13.8 Å². The maximum absolute atomic E-state index is 12.6. The van der Waals surface area contributed by atoms with Gasteiger partial charge in [0.25, 0.3) is 0 Å². The third-order valence-corrected chi connectivity index (χ3v) is 4.09. The highest BCUT2D eigenvalue weighted by atomic mass is 16.6. The molecule has 150 valence electrons. The number of carbonyl (C=O) groups is 3. The largest absolute Gasteiger partial charge is 0.383 e. The third kappa shape index (κ3) is 6.64.